The van der Waals surface area contributed by atoms with Crippen LogP contribution in [0.15, 0.2) is 0 Å². The van der Waals surface area contributed by atoms with Gasteiger partial charge < -0.3 is 10.8 Å². The molecule has 0 radical (unpaired) electrons. The summed E-state index contributed by atoms with van der Waals surface area (Å²) < 4.78 is 0. The van der Waals surface area contributed by atoms with Crippen molar-refractivity contribution < 1.29 is 5.11 Å². The molecule has 2 nitrogen and oxygen atoms in total. The molecule has 0 aromatic rings. The van der Waals surface area contributed by atoms with Gasteiger partial charge in [-0.25, -0.2) is 0 Å². The summed E-state index contributed by atoms with van der Waals surface area (Å²) in [6.45, 7) is 7.98. The van der Waals surface area contributed by atoms with Crippen LogP contribution in [0.4, 0.5) is 0 Å². The minimum atomic E-state index is -0.978. The lowest BCUT2D eigenvalue weighted by Crippen LogP contribution is -2.45. The van der Waals surface area contributed by atoms with E-state index in [1.54, 1.807) is 0 Å². The Balaban J connectivity index is 0. The van der Waals surface area contributed by atoms with Crippen molar-refractivity contribution in [3.8, 4) is 0 Å². The fourth-order valence-electron chi connectivity index (χ4n) is 0.890. The van der Waals surface area contributed by atoms with Gasteiger partial charge >= 0.3 is 0 Å². The zero-order chi connectivity index (χ0) is 8.36. The Kier molecular flexibility index (Phi) is 6.22. The zero-order valence-electron chi connectivity index (χ0n) is 7.79. The molecule has 0 rings (SSSR count). The first-order valence-corrected chi connectivity index (χ1v) is 3.87. The van der Waals surface area contributed by atoms with Gasteiger partial charge in [-0.3, -0.25) is 0 Å². The molecule has 0 saturated heterocycles. The van der Waals surface area contributed by atoms with Crippen LogP contribution in [0.1, 0.15) is 34.1 Å². The van der Waals surface area contributed by atoms with E-state index in [4.69, 9.17) is 5.73 Å². The number of nitrogens with two attached hydrogens (primary N) is 1. The third-order valence-electron chi connectivity index (χ3n) is 1.74. The van der Waals surface area contributed by atoms with E-state index in [0.29, 0.717) is 12.3 Å². The second-order valence-corrected chi connectivity index (χ2v) is 3.74. The number of hydrogen-bond donors (Lipinski definition) is 2. The predicted octanol–water partition coefficient (Wildman–Crippen LogP) is 1.76. The molecule has 0 amide bonds. The Labute approximate surface area is 75.6 Å². The number of halogens is 1. The Hall–Kier alpha value is 0.210. The van der Waals surface area contributed by atoms with Crippen molar-refractivity contribution in [1.82, 2.24) is 0 Å². The van der Waals surface area contributed by atoms with Crippen molar-refractivity contribution in [2.75, 3.05) is 0 Å². The van der Waals surface area contributed by atoms with Crippen LogP contribution >= 0.6 is 12.4 Å². The first kappa shape index (κ1) is 13.8. The highest BCUT2D eigenvalue weighted by Gasteiger charge is 2.25. The van der Waals surface area contributed by atoms with Crippen LogP contribution in [0, 0.1) is 11.8 Å². The normalized spacial score (nSPS) is 16.4. The maximum Gasteiger partial charge on any atom is 0.116 e. The molecule has 0 aromatic heterocycles. The molecule has 0 aliphatic rings. The molecular weight excluding hydrogens is 162 g/mol. The van der Waals surface area contributed by atoms with E-state index in [2.05, 4.69) is 13.8 Å². The summed E-state index contributed by atoms with van der Waals surface area (Å²) in [5.41, 5.74) is 4.64. The monoisotopic (exact) mass is 181 g/mol. The van der Waals surface area contributed by atoms with Crippen molar-refractivity contribution in [2.24, 2.45) is 17.6 Å². The average Bonchev–Trinajstić information content (AvgIpc) is 1.60. The molecular formula is C8H20ClNO. The summed E-state index contributed by atoms with van der Waals surface area (Å²) in [5, 5.41) is 9.54. The highest BCUT2D eigenvalue weighted by atomic mass is 35.5. The Morgan fingerprint density at radius 1 is 1.27 bits per heavy atom. The van der Waals surface area contributed by atoms with Crippen LogP contribution in [-0.2, 0) is 0 Å². The lowest BCUT2D eigenvalue weighted by molar-refractivity contribution is -0.0173. The van der Waals surface area contributed by atoms with Gasteiger partial charge in [0.1, 0.15) is 5.72 Å². The summed E-state index contributed by atoms with van der Waals surface area (Å²) in [7, 11) is 0. The fraction of sp³-hybridized carbons (Fsp3) is 1.00. The molecule has 0 aliphatic carbocycles. The molecule has 70 valence electrons. The van der Waals surface area contributed by atoms with Gasteiger partial charge in [0.25, 0.3) is 0 Å². The Bertz CT molecular complexity index is 102. The van der Waals surface area contributed by atoms with E-state index >= 15 is 0 Å². The van der Waals surface area contributed by atoms with Crippen molar-refractivity contribution >= 4 is 12.4 Å². The van der Waals surface area contributed by atoms with Crippen LogP contribution in [0.25, 0.3) is 0 Å². The first-order chi connectivity index (χ1) is 4.36. The topological polar surface area (TPSA) is 46.2 Å². The van der Waals surface area contributed by atoms with Crippen LogP contribution in [0.5, 0.6) is 0 Å². The molecule has 0 heterocycles. The van der Waals surface area contributed by atoms with Crippen LogP contribution in [0.3, 0.4) is 0 Å². The first-order valence-electron chi connectivity index (χ1n) is 3.87. The van der Waals surface area contributed by atoms with E-state index in [0.717, 1.165) is 0 Å². The number of aliphatic hydroxyl groups is 1. The van der Waals surface area contributed by atoms with Gasteiger partial charge in [0, 0.05) is 0 Å². The molecule has 11 heavy (non-hydrogen) atoms. The summed E-state index contributed by atoms with van der Waals surface area (Å²) in [5.74, 6) is 0.590. The van der Waals surface area contributed by atoms with Gasteiger partial charge in [0.05, 0.1) is 0 Å². The summed E-state index contributed by atoms with van der Waals surface area (Å²) >= 11 is 0. The minimum Gasteiger partial charge on any atom is -0.376 e. The molecule has 0 aromatic carbocycles. The predicted molar refractivity (Wildman–Crippen MR) is 50.7 cm³/mol. The van der Waals surface area contributed by atoms with E-state index in [1.807, 2.05) is 13.8 Å². The Morgan fingerprint density at radius 2 is 1.64 bits per heavy atom. The van der Waals surface area contributed by atoms with Crippen molar-refractivity contribution in [3.63, 3.8) is 0 Å². The second-order valence-electron chi connectivity index (χ2n) is 3.74. The SMILES string of the molecule is CC(C)CC(N)(O)C(C)C.Cl. The summed E-state index contributed by atoms with van der Waals surface area (Å²) in [4.78, 5) is 0. The smallest absolute Gasteiger partial charge is 0.116 e. The van der Waals surface area contributed by atoms with Crippen molar-refractivity contribution in [2.45, 2.75) is 39.8 Å². The van der Waals surface area contributed by atoms with Gasteiger partial charge in [-0.1, -0.05) is 27.7 Å². The van der Waals surface area contributed by atoms with E-state index in [-0.39, 0.29) is 18.3 Å². The quantitative estimate of drug-likeness (QED) is 0.652. The molecule has 0 fully saturated rings. The molecule has 0 saturated carbocycles. The number of rotatable bonds is 3. The molecule has 3 N–H and O–H groups in total. The standard InChI is InChI=1S/C8H19NO.ClH/c1-6(2)5-8(9,10)7(3)4;/h6-7,10H,5,9H2,1-4H3;1H. The third kappa shape index (κ3) is 5.48. The summed E-state index contributed by atoms with van der Waals surface area (Å²) in [6.07, 6.45) is 0.671. The summed E-state index contributed by atoms with van der Waals surface area (Å²) in [6, 6.07) is 0. The van der Waals surface area contributed by atoms with Crippen LogP contribution in [-0.4, -0.2) is 10.8 Å². The average molecular weight is 182 g/mol. The minimum absolute atomic E-state index is 0. The van der Waals surface area contributed by atoms with E-state index < -0.39 is 5.72 Å². The zero-order valence-corrected chi connectivity index (χ0v) is 8.61. The van der Waals surface area contributed by atoms with E-state index in [1.165, 1.54) is 0 Å². The number of hydrogen-bond acceptors (Lipinski definition) is 2. The third-order valence-corrected chi connectivity index (χ3v) is 1.74. The lowest BCUT2D eigenvalue weighted by atomic mass is 9.91. The van der Waals surface area contributed by atoms with Crippen molar-refractivity contribution in [1.29, 1.82) is 0 Å². The van der Waals surface area contributed by atoms with Crippen LogP contribution < -0.4 is 5.73 Å². The molecule has 3 heteroatoms. The Morgan fingerprint density at radius 3 is 1.73 bits per heavy atom. The highest BCUT2D eigenvalue weighted by molar-refractivity contribution is 5.85. The largest absolute Gasteiger partial charge is 0.376 e. The van der Waals surface area contributed by atoms with Gasteiger partial charge in [0.15, 0.2) is 0 Å². The molecule has 1 unspecified atom stereocenters. The van der Waals surface area contributed by atoms with Gasteiger partial charge in [-0.05, 0) is 18.3 Å². The molecule has 0 spiro atoms. The molecule has 0 bridgehead atoms. The maximum atomic E-state index is 9.54. The molecule has 0 aliphatic heterocycles. The van der Waals surface area contributed by atoms with Gasteiger partial charge in [0.2, 0.25) is 0 Å². The maximum absolute atomic E-state index is 9.54. The van der Waals surface area contributed by atoms with Crippen molar-refractivity contribution in [3.05, 3.63) is 0 Å². The molecule has 1 atom stereocenters. The van der Waals surface area contributed by atoms with Crippen LogP contribution in [0.2, 0.25) is 0 Å². The highest BCUT2D eigenvalue weighted by Crippen LogP contribution is 2.19. The second kappa shape index (κ2) is 4.96. The van der Waals surface area contributed by atoms with Gasteiger partial charge in [-0.2, -0.15) is 0 Å². The lowest BCUT2D eigenvalue weighted by Gasteiger charge is -2.28. The van der Waals surface area contributed by atoms with E-state index in [9.17, 15) is 5.11 Å². The van der Waals surface area contributed by atoms with Gasteiger partial charge in [-0.15, -0.1) is 12.4 Å². The fourth-order valence-corrected chi connectivity index (χ4v) is 0.890.